The number of benzene rings is 1. The zero-order valence-electron chi connectivity index (χ0n) is 15.5. The highest BCUT2D eigenvalue weighted by molar-refractivity contribution is 5.95. The molecule has 1 amide bonds. The fourth-order valence-corrected chi connectivity index (χ4v) is 3.26. The molecule has 1 aliphatic rings. The van der Waals surface area contributed by atoms with Crippen molar-refractivity contribution in [3.63, 3.8) is 0 Å². The molecule has 1 aliphatic heterocycles. The van der Waals surface area contributed by atoms with Crippen LogP contribution in [-0.2, 0) is 4.74 Å². The number of carbonyl (C=O) groups excluding carboxylic acids is 1. The number of primary amides is 1. The summed E-state index contributed by atoms with van der Waals surface area (Å²) in [5, 5.41) is 14.6. The van der Waals surface area contributed by atoms with Gasteiger partial charge < -0.3 is 15.8 Å². The lowest BCUT2D eigenvalue weighted by Gasteiger charge is -2.24. The molecule has 0 bridgehead atoms. The molecule has 3 N–H and O–H groups in total. The first kappa shape index (κ1) is 18.8. The average molecular weight is 370 g/mol. The molecule has 1 fully saturated rings. The summed E-state index contributed by atoms with van der Waals surface area (Å²) in [7, 11) is 0. The van der Waals surface area contributed by atoms with E-state index in [-0.39, 0.29) is 11.5 Å². The van der Waals surface area contributed by atoms with Crippen molar-refractivity contribution in [2.24, 2.45) is 5.73 Å². The molecule has 1 saturated heterocycles. The van der Waals surface area contributed by atoms with Gasteiger partial charge in [0, 0.05) is 23.8 Å². The molecule has 27 heavy (non-hydrogen) atoms. The van der Waals surface area contributed by atoms with E-state index in [1.807, 2.05) is 20.8 Å². The molecule has 0 saturated carbocycles. The predicted octanol–water partition coefficient (Wildman–Crippen LogP) is 2.96. The van der Waals surface area contributed by atoms with E-state index < -0.39 is 16.4 Å². The Kier molecular flexibility index (Phi) is 4.84. The summed E-state index contributed by atoms with van der Waals surface area (Å²) in [6.45, 7) is 6.71. The number of hydrogen-bond donors (Lipinski definition) is 2. The van der Waals surface area contributed by atoms with E-state index in [9.17, 15) is 14.9 Å². The Labute approximate surface area is 156 Å². The normalized spacial score (nSPS) is 19.1. The van der Waals surface area contributed by atoms with Gasteiger partial charge in [-0.05, 0) is 50.5 Å². The number of hydrogen-bond acceptors (Lipinski definition) is 6. The summed E-state index contributed by atoms with van der Waals surface area (Å²) < 4.78 is 5.41. The quantitative estimate of drug-likeness (QED) is 0.616. The number of anilines is 1. The second-order valence-corrected chi connectivity index (χ2v) is 7.08. The van der Waals surface area contributed by atoms with Crippen LogP contribution in [0.5, 0.6) is 0 Å². The number of ether oxygens (including phenoxy) is 1. The van der Waals surface area contributed by atoms with Crippen LogP contribution in [0.15, 0.2) is 24.3 Å². The second-order valence-electron chi connectivity index (χ2n) is 7.08. The van der Waals surface area contributed by atoms with E-state index in [2.05, 4.69) is 10.3 Å². The van der Waals surface area contributed by atoms with Crippen LogP contribution in [0.3, 0.4) is 0 Å². The van der Waals surface area contributed by atoms with Crippen LogP contribution in [-0.4, -0.2) is 34.6 Å². The van der Waals surface area contributed by atoms with Crippen LogP contribution < -0.4 is 11.1 Å². The van der Waals surface area contributed by atoms with Gasteiger partial charge in [0.15, 0.2) is 0 Å². The third kappa shape index (κ3) is 3.61. The standard InChI is InChI=1S/C19H22N4O4/c1-11-12(2)14(17(20)24)5-4-13(11)15-6-7-16(23(25)26)18(21-15)22-19(3)8-9-27-10-19/h4-7H,8-10H2,1-3H3,(H2,20,24)(H,21,22). The molecule has 2 aromatic rings. The Hall–Kier alpha value is -3.00. The maximum absolute atomic E-state index is 11.5. The lowest BCUT2D eigenvalue weighted by Crippen LogP contribution is -2.35. The zero-order chi connectivity index (χ0) is 19.8. The largest absolute Gasteiger partial charge is 0.379 e. The summed E-state index contributed by atoms with van der Waals surface area (Å²) in [5.74, 6) is -0.281. The van der Waals surface area contributed by atoms with Gasteiger partial charge in [-0.1, -0.05) is 6.07 Å². The van der Waals surface area contributed by atoms with E-state index >= 15 is 0 Å². The highest BCUT2D eigenvalue weighted by atomic mass is 16.6. The molecule has 142 valence electrons. The van der Waals surface area contributed by atoms with Gasteiger partial charge >= 0.3 is 5.69 Å². The maximum Gasteiger partial charge on any atom is 0.311 e. The summed E-state index contributed by atoms with van der Waals surface area (Å²) in [6.07, 6.45) is 0.738. The lowest BCUT2D eigenvalue weighted by atomic mass is 9.95. The molecule has 1 aromatic carbocycles. The van der Waals surface area contributed by atoms with Gasteiger partial charge in [0.05, 0.1) is 22.8 Å². The topological polar surface area (TPSA) is 120 Å². The first-order valence-corrected chi connectivity index (χ1v) is 8.63. The minimum atomic E-state index is -0.490. The number of nitrogens with two attached hydrogens (primary N) is 1. The van der Waals surface area contributed by atoms with Gasteiger partial charge in [0.1, 0.15) is 0 Å². The highest BCUT2D eigenvalue weighted by Crippen LogP contribution is 2.33. The zero-order valence-corrected chi connectivity index (χ0v) is 15.5. The summed E-state index contributed by atoms with van der Waals surface area (Å²) in [4.78, 5) is 27.0. The Bertz CT molecular complexity index is 920. The van der Waals surface area contributed by atoms with Crippen molar-refractivity contribution in [2.75, 3.05) is 18.5 Å². The number of nitro groups is 1. The van der Waals surface area contributed by atoms with Crippen LogP contribution in [0.25, 0.3) is 11.3 Å². The Morgan fingerprint density at radius 1 is 1.30 bits per heavy atom. The van der Waals surface area contributed by atoms with Crippen molar-refractivity contribution in [2.45, 2.75) is 32.7 Å². The van der Waals surface area contributed by atoms with E-state index in [0.29, 0.717) is 24.5 Å². The number of nitrogens with one attached hydrogen (secondary N) is 1. The fourth-order valence-electron chi connectivity index (χ4n) is 3.26. The Morgan fingerprint density at radius 3 is 2.63 bits per heavy atom. The van der Waals surface area contributed by atoms with Crippen LogP contribution >= 0.6 is 0 Å². The van der Waals surface area contributed by atoms with Crippen molar-refractivity contribution in [3.05, 3.63) is 51.1 Å². The molecule has 1 aromatic heterocycles. The number of carbonyl (C=O) groups is 1. The molecule has 1 atom stereocenters. The van der Waals surface area contributed by atoms with Crippen LogP contribution in [0.2, 0.25) is 0 Å². The monoisotopic (exact) mass is 370 g/mol. The van der Waals surface area contributed by atoms with Crippen molar-refractivity contribution in [1.29, 1.82) is 0 Å². The summed E-state index contributed by atoms with van der Waals surface area (Å²) in [6, 6.07) is 6.48. The van der Waals surface area contributed by atoms with Crippen molar-refractivity contribution < 1.29 is 14.5 Å². The van der Waals surface area contributed by atoms with Crippen molar-refractivity contribution in [3.8, 4) is 11.3 Å². The van der Waals surface area contributed by atoms with Crippen molar-refractivity contribution in [1.82, 2.24) is 4.98 Å². The van der Waals surface area contributed by atoms with E-state index in [1.165, 1.54) is 6.07 Å². The van der Waals surface area contributed by atoms with Gasteiger partial charge in [-0.15, -0.1) is 0 Å². The maximum atomic E-state index is 11.5. The number of nitrogens with zero attached hydrogens (tertiary/aromatic N) is 2. The number of rotatable bonds is 5. The van der Waals surface area contributed by atoms with Gasteiger partial charge in [-0.3, -0.25) is 14.9 Å². The van der Waals surface area contributed by atoms with Crippen LogP contribution in [0.1, 0.15) is 34.8 Å². The van der Waals surface area contributed by atoms with Gasteiger partial charge in [0.25, 0.3) is 0 Å². The van der Waals surface area contributed by atoms with Gasteiger partial charge in [-0.25, -0.2) is 4.98 Å². The SMILES string of the molecule is Cc1c(C(N)=O)ccc(-c2ccc([N+](=O)[O-])c(NC3(C)CCOC3)n2)c1C. The number of aromatic nitrogens is 1. The Balaban J connectivity index is 2.07. The molecule has 0 radical (unpaired) electrons. The number of pyridine rings is 1. The van der Waals surface area contributed by atoms with Crippen molar-refractivity contribution >= 4 is 17.4 Å². The van der Waals surface area contributed by atoms with Gasteiger partial charge in [-0.2, -0.15) is 0 Å². The van der Waals surface area contributed by atoms with Crippen LogP contribution in [0.4, 0.5) is 11.5 Å². The molecule has 8 heteroatoms. The fraction of sp³-hybridized carbons (Fsp3) is 0.368. The molecule has 3 rings (SSSR count). The smallest absolute Gasteiger partial charge is 0.311 e. The molecule has 8 nitrogen and oxygen atoms in total. The third-order valence-corrected chi connectivity index (χ3v) is 5.04. The molecule has 0 aliphatic carbocycles. The molecular formula is C19H22N4O4. The van der Waals surface area contributed by atoms with E-state index in [0.717, 1.165) is 23.1 Å². The molecule has 0 spiro atoms. The predicted molar refractivity (Wildman–Crippen MR) is 102 cm³/mol. The average Bonchev–Trinajstić information content (AvgIpc) is 3.02. The Morgan fingerprint density at radius 2 is 2.04 bits per heavy atom. The van der Waals surface area contributed by atoms with E-state index in [1.54, 1.807) is 18.2 Å². The first-order valence-electron chi connectivity index (χ1n) is 8.63. The molecular weight excluding hydrogens is 348 g/mol. The number of amides is 1. The molecule has 1 unspecified atom stereocenters. The minimum Gasteiger partial charge on any atom is -0.379 e. The minimum absolute atomic E-state index is 0.0880. The van der Waals surface area contributed by atoms with E-state index in [4.69, 9.17) is 10.5 Å². The first-order chi connectivity index (χ1) is 12.7. The second kappa shape index (κ2) is 6.96. The highest BCUT2D eigenvalue weighted by Gasteiger charge is 2.32. The van der Waals surface area contributed by atoms with Gasteiger partial charge in [0.2, 0.25) is 11.7 Å². The lowest BCUT2D eigenvalue weighted by molar-refractivity contribution is -0.384. The summed E-state index contributed by atoms with van der Waals surface area (Å²) in [5.41, 5.74) is 8.37. The molecule has 2 heterocycles. The van der Waals surface area contributed by atoms with Crippen LogP contribution in [0, 0.1) is 24.0 Å². The third-order valence-electron chi connectivity index (χ3n) is 5.04. The summed E-state index contributed by atoms with van der Waals surface area (Å²) >= 11 is 0.